The molecule has 1 aromatic carbocycles. The molecule has 0 amide bonds. The third kappa shape index (κ3) is 1.35. The second kappa shape index (κ2) is 3.35. The van der Waals surface area contributed by atoms with Crippen molar-refractivity contribution in [3.63, 3.8) is 0 Å². The molecular formula is C13H10ClN. The lowest BCUT2D eigenvalue weighted by molar-refractivity contribution is 0.932. The second-order valence-electron chi connectivity index (χ2n) is 3.79. The number of rotatable bonds is 0. The van der Waals surface area contributed by atoms with E-state index in [0.29, 0.717) is 5.15 Å². The zero-order valence-electron chi connectivity index (χ0n) is 8.20. The normalized spacial score (nSPS) is 13.1. The summed E-state index contributed by atoms with van der Waals surface area (Å²) in [5, 5.41) is 0.655. The maximum Gasteiger partial charge on any atom is 0.132 e. The van der Waals surface area contributed by atoms with Gasteiger partial charge >= 0.3 is 0 Å². The Hall–Kier alpha value is -1.34. The van der Waals surface area contributed by atoms with Crippen molar-refractivity contribution >= 4 is 11.6 Å². The number of nitrogens with zero attached hydrogens (tertiary/aromatic N) is 1. The summed E-state index contributed by atoms with van der Waals surface area (Å²) < 4.78 is 0. The molecule has 74 valence electrons. The van der Waals surface area contributed by atoms with Crippen molar-refractivity contribution in [1.82, 2.24) is 4.98 Å². The van der Waals surface area contributed by atoms with Crippen LogP contribution in [0, 0.1) is 0 Å². The summed E-state index contributed by atoms with van der Waals surface area (Å²) >= 11 is 6.10. The highest BCUT2D eigenvalue weighted by molar-refractivity contribution is 6.30. The van der Waals surface area contributed by atoms with Crippen LogP contribution in [0.1, 0.15) is 11.1 Å². The summed E-state index contributed by atoms with van der Waals surface area (Å²) in [7, 11) is 0. The van der Waals surface area contributed by atoms with Gasteiger partial charge in [0.25, 0.3) is 0 Å². The van der Waals surface area contributed by atoms with Crippen LogP contribution in [0.4, 0.5) is 0 Å². The zero-order chi connectivity index (χ0) is 10.3. The summed E-state index contributed by atoms with van der Waals surface area (Å²) in [4.78, 5) is 4.13. The fourth-order valence-corrected chi connectivity index (χ4v) is 2.47. The topological polar surface area (TPSA) is 12.9 Å². The minimum absolute atomic E-state index is 0.655. The monoisotopic (exact) mass is 215 g/mol. The van der Waals surface area contributed by atoms with Crippen molar-refractivity contribution in [1.29, 1.82) is 0 Å². The first-order chi connectivity index (χ1) is 7.36. The highest BCUT2D eigenvalue weighted by Gasteiger charge is 2.17. The van der Waals surface area contributed by atoms with E-state index in [-0.39, 0.29) is 0 Å². The number of hydrogen-bond acceptors (Lipinski definition) is 1. The molecule has 0 atom stereocenters. The van der Waals surface area contributed by atoms with Crippen LogP contribution in [-0.4, -0.2) is 4.98 Å². The highest BCUT2D eigenvalue weighted by Crippen LogP contribution is 2.35. The first-order valence-electron chi connectivity index (χ1n) is 5.08. The fraction of sp³-hybridized carbons (Fsp3) is 0.154. The number of benzene rings is 1. The van der Waals surface area contributed by atoms with Crippen molar-refractivity contribution in [2.24, 2.45) is 0 Å². The Morgan fingerprint density at radius 2 is 1.87 bits per heavy atom. The van der Waals surface area contributed by atoms with Gasteiger partial charge in [-0.2, -0.15) is 0 Å². The molecule has 1 nitrogen and oxygen atoms in total. The predicted octanol–water partition coefficient (Wildman–Crippen LogP) is 3.50. The average molecular weight is 216 g/mol. The van der Waals surface area contributed by atoms with Crippen LogP contribution in [0.15, 0.2) is 36.5 Å². The van der Waals surface area contributed by atoms with Crippen LogP contribution in [0.3, 0.4) is 0 Å². The van der Waals surface area contributed by atoms with Gasteiger partial charge in [0.1, 0.15) is 5.15 Å². The Balaban J connectivity index is 2.30. The van der Waals surface area contributed by atoms with Crippen molar-refractivity contribution in [2.75, 3.05) is 0 Å². The molecule has 0 unspecified atom stereocenters. The van der Waals surface area contributed by atoms with Crippen LogP contribution in [0.2, 0.25) is 5.15 Å². The quantitative estimate of drug-likeness (QED) is 0.613. The largest absolute Gasteiger partial charge is 0.244 e. The molecule has 0 saturated carbocycles. The Kier molecular flexibility index (Phi) is 2.00. The molecule has 15 heavy (non-hydrogen) atoms. The van der Waals surface area contributed by atoms with E-state index in [4.69, 9.17) is 11.6 Å². The standard InChI is InChI=1S/C13H10ClN/c14-13-12-6-5-9-3-1-2-4-10(9)11(12)7-8-15-13/h1-4,7-8H,5-6H2. The second-order valence-corrected chi connectivity index (χ2v) is 4.14. The van der Waals surface area contributed by atoms with E-state index in [1.54, 1.807) is 6.20 Å². The van der Waals surface area contributed by atoms with Crippen LogP contribution in [-0.2, 0) is 12.8 Å². The summed E-state index contributed by atoms with van der Waals surface area (Å²) in [5.41, 5.74) is 5.16. The van der Waals surface area contributed by atoms with Crippen LogP contribution in [0.25, 0.3) is 11.1 Å². The first-order valence-corrected chi connectivity index (χ1v) is 5.46. The number of halogens is 1. The molecule has 0 aliphatic heterocycles. The van der Waals surface area contributed by atoms with Crippen molar-refractivity contribution < 1.29 is 0 Å². The van der Waals surface area contributed by atoms with Crippen LogP contribution in [0.5, 0.6) is 0 Å². The van der Waals surface area contributed by atoms with Gasteiger partial charge in [0, 0.05) is 6.20 Å². The van der Waals surface area contributed by atoms with E-state index < -0.39 is 0 Å². The van der Waals surface area contributed by atoms with Gasteiger partial charge in [-0.25, -0.2) is 4.98 Å². The predicted molar refractivity (Wildman–Crippen MR) is 62.1 cm³/mol. The number of pyridine rings is 1. The average Bonchev–Trinajstić information content (AvgIpc) is 2.29. The minimum atomic E-state index is 0.655. The molecule has 1 aliphatic rings. The zero-order valence-corrected chi connectivity index (χ0v) is 8.96. The van der Waals surface area contributed by atoms with Gasteiger partial charge < -0.3 is 0 Å². The third-order valence-corrected chi connectivity index (χ3v) is 3.28. The number of aryl methyl sites for hydroxylation is 1. The van der Waals surface area contributed by atoms with E-state index in [9.17, 15) is 0 Å². The molecule has 0 N–H and O–H groups in total. The number of hydrogen-bond donors (Lipinski definition) is 0. The van der Waals surface area contributed by atoms with E-state index in [2.05, 4.69) is 35.3 Å². The molecule has 0 fully saturated rings. The summed E-state index contributed by atoms with van der Waals surface area (Å²) in [5.74, 6) is 0. The number of aromatic nitrogens is 1. The van der Waals surface area contributed by atoms with Crippen molar-refractivity contribution in [3.8, 4) is 11.1 Å². The molecule has 0 saturated heterocycles. The molecule has 0 spiro atoms. The van der Waals surface area contributed by atoms with Gasteiger partial charge in [-0.05, 0) is 41.2 Å². The van der Waals surface area contributed by atoms with E-state index in [1.807, 2.05) is 0 Å². The Labute approximate surface area is 93.7 Å². The lowest BCUT2D eigenvalue weighted by atomic mass is 9.87. The lowest BCUT2D eigenvalue weighted by Gasteiger charge is -2.19. The SMILES string of the molecule is Clc1nccc2c1CCc1ccccc1-2. The van der Waals surface area contributed by atoms with Crippen molar-refractivity contribution in [2.45, 2.75) is 12.8 Å². The molecule has 2 aromatic rings. The van der Waals surface area contributed by atoms with Gasteiger partial charge in [-0.1, -0.05) is 35.9 Å². The lowest BCUT2D eigenvalue weighted by Crippen LogP contribution is -2.04. The number of fused-ring (bicyclic) bond motifs is 3. The molecule has 0 bridgehead atoms. The molecular weight excluding hydrogens is 206 g/mol. The fourth-order valence-electron chi connectivity index (χ4n) is 2.22. The van der Waals surface area contributed by atoms with E-state index in [0.717, 1.165) is 12.8 Å². The minimum Gasteiger partial charge on any atom is -0.244 e. The molecule has 1 aromatic heterocycles. The third-order valence-electron chi connectivity index (χ3n) is 2.96. The first kappa shape index (κ1) is 8.93. The van der Waals surface area contributed by atoms with Gasteiger partial charge in [0.15, 0.2) is 0 Å². The maximum atomic E-state index is 6.10. The Morgan fingerprint density at radius 1 is 1.00 bits per heavy atom. The van der Waals surface area contributed by atoms with Gasteiger partial charge in [-0.3, -0.25) is 0 Å². The molecule has 2 heteroatoms. The van der Waals surface area contributed by atoms with Gasteiger partial charge in [-0.15, -0.1) is 0 Å². The summed E-state index contributed by atoms with van der Waals surface area (Å²) in [6.45, 7) is 0. The van der Waals surface area contributed by atoms with E-state index in [1.165, 1.54) is 22.3 Å². The maximum absolute atomic E-state index is 6.10. The van der Waals surface area contributed by atoms with Gasteiger partial charge in [0.05, 0.1) is 0 Å². The molecule has 0 radical (unpaired) electrons. The highest BCUT2D eigenvalue weighted by atomic mass is 35.5. The summed E-state index contributed by atoms with van der Waals surface area (Å²) in [6, 6.07) is 10.6. The molecule has 3 rings (SSSR count). The van der Waals surface area contributed by atoms with E-state index >= 15 is 0 Å². The summed E-state index contributed by atoms with van der Waals surface area (Å²) in [6.07, 6.45) is 3.84. The Morgan fingerprint density at radius 3 is 2.80 bits per heavy atom. The van der Waals surface area contributed by atoms with Crippen LogP contribution < -0.4 is 0 Å². The Bertz CT molecular complexity index is 520. The van der Waals surface area contributed by atoms with Crippen molar-refractivity contribution in [3.05, 3.63) is 52.8 Å². The van der Waals surface area contributed by atoms with Gasteiger partial charge in [0.2, 0.25) is 0 Å². The smallest absolute Gasteiger partial charge is 0.132 e. The molecule has 1 aliphatic carbocycles. The molecule has 1 heterocycles. The van der Waals surface area contributed by atoms with Crippen LogP contribution >= 0.6 is 11.6 Å².